The van der Waals surface area contributed by atoms with Gasteiger partial charge in [0.05, 0.1) is 5.56 Å². The number of nitrogens with zero attached hydrogens (tertiary/aromatic N) is 1. The zero-order valence-corrected chi connectivity index (χ0v) is 11.8. The Morgan fingerprint density at radius 2 is 2.18 bits per heavy atom. The van der Waals surface area contributed by atoms with Gasteiger partial charge in [-0.25, -0.2) is 4.39 Å². The van der Waals surface area contributed by atoms with Crippen LogP contribution in [0.1, 0.15) is 29.3 Å². The number of benzene rings is 1. The van der Waals surface area contributed by atoms with Crippen LogP contribution in [0.4, 0.5) is 4.39 Å². The molecule has 1 aromatic rings. The van der Waals surface area contributed by atoms with E-state index in [1.165, 1.54) is 6.07 Å². The van der Waals surface area contributed by atoms with E-state index < -0.39 is 5.82 Å². The van der Waals surface area contributed by atoms with Gasteiger partial charge in [-0.2, -0.15) is 0 Å². The summed E-state index contributed by atoms with van der Waals surface area (Å²) in [5.41, 5.74) is 0.981. The molecule has 0 atom stereocenters. The van der Waals surface area contributed by atoms with Crippen molar-refractivity contribution in [1.82, 2.24) is 4.90 Å². The summed E-state index contributed by atoms with van der Waals surface area (Å²) >= 11 is 3.32. The van der Waals surface area contributed by atoms with E-state index in [0.717, 1.165) is 17.3 Å². The Morgan fingerprint density at radius 1 is 1.47 bits per heavy atom. The molecule has 0 bridgehead atoms. The number of amides is 1. The van der Waals surface area contributed by atoms with Crippen LogP contribution in [0, 0.1) is 12.7 Å². The zero-order chi connectivity index (χ0) is 12.8. The summed E-state index contributed by atoms with van der Waals surface area (Å²) in [5, 5.41) is 0.840. The maximum atomic E-state index is 13.7. The first-order valence-electron chi connectivity index (χ1n) is 5.71. The van der Waals surface area contributed by atoms with Crippen molar-refractivity contribution in [3.05, 3.63) is 35.1 Å². The molecule has 0 N–H and O–H groups in total. The van der Waals surface area contributed by atoms with Gasteiger partial charge < -0.3 is 4.90 Å². The molecular formula is C13H17BrFNO. The lowest BCUT2D eigenvalue weighted by atomic mass is 10.1. The van der Waals surface area contributed by atoms with E-state index in [1.54, 1.807) is 24.0 Å². The number of carbonyl (C=O) groups excluding carboxylic acids is 1. The van der Waals surface area contributed by atoms with Crippen molar-refractivity contribution in [2.45, 2.75) is 20.3 Å². The van der Waals surface area contributed by atoms with Crippen molar-refractivity contribution >= 4 is 21.8 Å². The average molecular weight is 302 g/mol. The molecule has 4 heteroatoms. The number of alkyl halides is 1. The van der Waals surface area contributed by atoms with Crippen LogP contribution in [0.2, 0.25) is 0 Å². The fourth-order valence-electron chi connectivity index (χ4n) is 1.62. The molecule has 17 heavy (non-hydrogen) atoms. The van der Waals surface area contributed by atoms with Gasteiger partial charge in [-0.15, -0.1) is 0 Å². The quantitative estimate of drug-likeness (QED) is 0.764. The van der Waals surface area contributed by atoms with Crippen molar-refractivity contribution in [1.29, 1.82) is 0 Å². The Hall–Kier alpha value is -0.900. The first-order valence-corrected chi connectivity index (χ1v) is 6.83. The Balaban J connectivity index is 2.86. The first kappa shape index (κ1) is 14.2. The van der Waals surface area contributed by atoms with Crippen LogP contribution in [-0.2, 0) is 0 Å². The van der Waals surface area contributed by atoms with Gasteiger partial charge in [0.1, 0.15) is 5.82 Å². The summed E-state index contributed by atoms with van der Waals surface area (Å²) < 4.78 is 13.7. The second-order valence-corrected chi connectivity index (χ2v) is 4.70. The molecular weight excluding hydrogens is 285 g/mol. The molecule has 0 fully saturated rings. The molecule has 1 rings (SSSR count). The predicted octanol–water partition coefficient (Wildman–Crippen LogP) is 3.38. The van der Waals surface area contributed by atoms with E-state index in [2.05, 4.69) is 15.9 Å². The van der Waals surface area contributed by atoms with E-state index in [-0.39, 0.29) is 11.5 Å². The highest BCUT2D eigenvalue weighted by molar-refractivity contribution is 9.09. The van der Waals surface area contributed by atoms with Crippen molar-refractivity contribution in [2.75, 3.05) is 18.4 Å². The normalized spacial score (nSPS) is 10.4. The number of carbonyl (C=O) groups is 1. The van der Waals surface area contributed by atoms with E-state index in [9.17, 15) is 9.18 Å². The van der Waals surface area contributed by atoms with E-state index >= 15 is 0 Å². The molecule has 0 aliphatic carbocycles. The summed E-state index contributed by atoms with van der Waals surface area (Å²) in [7, 11) is 0. The van der Waals surface area contributed by atoms with Crippen molar-refractivity contribution < 1.29 is 9.18 Å². The number of rotatable bonds is 5. The lowest BCUT2D eigenvalue weighted by Gasteiger charge is -2.20. The molecule has 1 aromatic carbocycles. The highest BCUT2D eigenvalue weighted by Gasteiger charge is 2.17. The van der Waals surface area contributed by atoms with Gasteiger partial charge >= 0.3 is 0 Å². The predicted molar refractivity (Wildman–Crippen MR) is 71.1 cm³/mol. The van der Waals surface area contributed by atoms with E-state index in [0.29, 0.717) is 13.1 Å². The molecule has 0 radical (unpaired) electrons. The van der Waals surface area contributed by atoms with Gasteiger partial charge in [-0.1, -0.05) is 22.0 Å². The van der Waals surface area contributed by atoms with E-state index in [4.69, 9.17) is 0 Å². The fourth-order valence-corrected chi connectivity index (χ4v) is 1.87. The van der Waals surface area contributed by atoms with Crippen molar-refractivity contribution in [3.63, 3.8) is 0 Å². The molecule has 0 spiro atoms. The van der Waals surface area contributed by atoms with Gasteiger partial charge in [-0.05, 0) is 38.0 Å². The fraction of sp³-hybridized carbons (Fsp3) is 0.462. The monoisotopic (exact) mass is 301 g/mol. The smallest absolute Gasteiger partial charge is 0.256 e. The van der Waals surface area contributed by atoms with Crippen LogP contribution in [0.5, 0.6) is 0 Å². The van der Waals surface area contributed by atoms with Crippen LogP contribution >= 0.6 is 15.9 Å². The maximum Gasteiger partial charge on any atom is 0.256 e. The van der Waals surface area contributed by atoms with Crippen molar-refractivity contribution in [3.8, 4) is 0 Å². The SMILES string of the molecule is CCN(CCCBr)C(=O)c1ccc(C)cc1F. The third kappa shape index (κ3) is 3.80. The number of hydrogen-bond acceptors (Lipinski definition) is 1. The summed E-state index contributed by atoms with van der Waals surface area (Å²) in [4.78, 5) is 13.7. The van der Waals surface area contributed by atoms with Gasteiger partial charge in [0.2, 0.25) is 0 Å². The Kier molecular flexibility index (Phi) is 5.62. The highest BCUT2D eigenvalue weighted by atomic mass is 79.9. The van der Waals surface area contributed by atoms with Crippen LogP contribution in [-0.4, -0.2) is 29.2 Å². The first-order chi connectivity index (χ1) is 8.10. The lowest BCUT2D eigenvalue weighted by molar-refractivity contribution is 0.0760. The molecule has 1 amide bonds. The molecule has 2 nitrogen and oxygen atoms in total. The molecule has 94 valence electrons. The average Bonchev–Trinajstić information content (AvgIpc) is 2.29. The highest BCUT2D eigenvalue weighted by Crippen LogP contribution is 2.13. The number of halogens is 2. The lowest BCUT2D eigenvalue weighted by Crippen LogP contribution is -2.32. The van der Waals surface area contributed by atoms with Crippen LogP contribution in [0.15, 0.2) is 18.2 Å². The van der Waals surface area contributed by atoms with Gasteiger partial charge in [-0.3, -0.25) is 4.79 Å². The second kappa shape index (κ2) is 6.74. The summed E-state index contributed by atoms with van der Waals surface area (Å²) in [6.07, 6.45) is 0.868. The molecule has 0 saturated carbocycles. The van der Waals surface area contributed by atoms with Crippen LogP contribution < -0.4 is 0 Å². The Labute approximate surface area is 110 Å². The Bertz CT molecular complexity index is 395. The molecule has 0 aromatic heterocycles. The Morgan fingerprint density at radius 3 is 2.71 bits per heavy atom. The topological polar surface area (TPSA) is 20.3 Å². The molecule has 0 heterocycles. The van der Waals surface area contributed by atoms with Gasteiger partial charge in [0.15, 0.2) is 0 Å². The zero-order valence-electron chi connectivity index (χ0n) is 10.2. The molecule has 0 saturated heterocycles. The van der Waals surface area contributed by atoms with Crippen LogP contribution in [0.3, 0.4) is 0 Å². The second-order valence-electron chi connectivity index (χ2n) is 3.91. The van der Waals surface area contributed by atoms with Crippen LogP contribution in [0.25, 0.3) is 0 Å². The minimum atomic E-state index is -0.438. The van der Waals surface area contributed by atoms with E-state index in [1.807, 2.05) is 6.92 Å². The minimum absolute atomic E-state index is 0.159. The van der Waals surface area contributed by atoms with Gasteiger partial charge in [0, 0.05) is 18.4 Å². The summed E-state index contributed by atoms with van der Waals surface area (Å²) in [6, 6.07) is 4.71. The number of hydrogen-bond donors (Lipinski definition) is 0. The maximum absolute atomic E-state index is 13.7. The molecule has 0 unspecified atom stereocenters. The molecule has 0 aliphatic heterocycles. The third-order valence-electron chi connectivity index (χ3n) is 2.59. The minimum Gasteiger partial charge on any atom is -0.339 e. The summed E-state index contributed by atoms with van der Waals surface area (Å²) in [5.74, 6) is -0.668. The summed E-state index contributed by atoms with van der Waals surface area (Å²) in [6.45, 7) is 4.95. The standard InChI is InChI=1S/C13H17BrFNO/c1-3-16(8-4-7-14)13(17)11-6-5-10(2)9-12(11)15/h5-6,9H,3-4,7-8H2,1-2H3. The number of aryl methyl sites for hydroxylation is 1. The van der Waals surface area contributed by atoms with Gasteiger partial charge in [0.25, 0.3) is 5.91 Å². The third-order valence-corrected chi connectivity index (χ3v) is 3.15. The molecule has 0 aliphatic rings. The largest absolute Gasteiger partial charge is 0.339 e. The van der Waals surface area contributed by atoms with Crippen molar-refractivity contribution in [2.24, 2.45) is 0 Å².